The van der Waals surface area contributed by atoms with Gasteiger partial charge >= 0.3 is 11.9 Å². The van der Waals surface area contributed by atoms with E-state index in [1.165, 1.54) is 7.11 Å². The molecule has 1 aliphatic carbocycles. The molecule has 1 fully saturated rings. The summed E-state index contributed by atoms with van der Waals surface area (Å²) in [5.74, 6) is -1.19. The topological polar surface area (TPSA) is 85.8 Å². The lowest BCUT2D eigenvalue weighted by molar-refractivity contribution is -0.149. The van der Waals surface area contributed by atoms with Crippen LogP contribution >= 0.6 is 0 Å². The summed E-state index contributed by atoms with van der Waals surface area (Å²) in [5.41, 5.74) is 5.12. The van der Waals surface area contributed by atoms with Gasteiger partial charge in [0.2, 0.25) is 0 Å². The Balaban J connectivity index is 1.38. The van der Waals surface area contributed by atoms with Crippen molar-refractivity contribution in [3.8, 4) is 0 Å². The molecule has 0 unspecified atom stereocenters. The van der Waals surface area contributed by atoms with Gasteiger partial charge in [-0.3, -0.25) is 9.59 Å². The number of pyridine rings is 1. The molecule has 7 heteroatoms. The first kappa shape index (κ1) is 24.7. The number of para-hydroxylation sites is 1. The maximum absolute atomic E-state index is 13.5. The Bertz CT molecular complexity index is 1360. The lowest BCUT2D eigenvalue weighted by Crippen LogP contribution is -2.42. The molecule has 0 saturated carbocycles. The number of benzene rings is 2. The highest BCUT2D eigenvalue weighted by Crippen LogP contribution is 2.36. The highest BCUT2D eigenvalue weighted by molar-refractivity contribution is 6.07. The van der Waals surface area contributed by atoms with Crippen LogP contribution in [-0.4, -0.2) is 54.5 Å². The van der Waals surface area contributed by atoms with E-state index in [0.29, 0.717) is 31.5 Å². The van der Waals surface area contributed by atoms with Crippen LogP contribution in [-0.2, 0) is 25.5 Å². The van der Waals surface area contributed by atoms with E-state index in [2.05, 4.69) is 18.2 Å². The standard InChI is InChI=1S/C30H30N2O5/c1-36-29(34)21-14-16-32(17-15-21)26(33)19-37-30(35)27-23-11-5-6-13-25(23)31-28-22(10-7-12-24(27)28)18-20-8-3-2-4-9-20/h2-6,8-9,11,13,18,21H,7,10,12,14-17,19H2,1H3/b22-18+. The molecular weight excluding hydrogens is 468 g/mol. The van der Waals surface area contributed by atoms with Gasteiger partial charge in [-0.05, 0) is 60.9 Å². The first-order chi connectivity index (χ1) is 18.0. The van der Waals surface area contributed by atoms with Crippen LogP contribution in [0, 0.1) is 5.92 Å². The third-order valence-electron chi connectivity index (χ3n) is 7.22. The number of ether oxygens (including phenoxy) is 2. The van der Waals surface area contributed by atoms with Crippen molar-refractivity contribution in [2.24, 2.45) is 5.92 Å². The number of nitrogens with zero attached hydrogens (tertiary/aromatic N) is 2. The Morgan fingerprint density at radius 3 is 2.49 bits per heavy atom. The Hall–Kier alpha value is -4.00. The van der Waals surface area contributed by atoms with Crippen molar-refractivity contribution in [3.05, 3.63) is 77.0 Å². The van der Waals surface area contributed by atoms with E-state index in [0.717, 1.165) is 52.6 Å². The number of hydrogen-bond donors (Lipinski definition) is 0. The molecular formula is C30H30N2O5. The number of amides is 1. The number of methoxy groups -OCH3 is 1. The maximum Gasteiger partial charge on any atom is 0.339 e. The number of aromatic nitrogens is 1. The minimum atomic E-state index is -0.506. The van der Waals surface area contributed by atoms with E-state index in [-0.39, 0.29) is 24.4 Å². The lowest BCUT2D eigenvalue weighted by Gasteiger charge is -2.30. The number of carbonyl (C=O) groups is 3. The van der Waals surface area contributed by atoms with Gasteiger partial charge in [-0.15, -0.1) is 0 Å². The highest BCUT2D eigenvalue weighted by atomic mass is 16.5. The van der Waals surface area contributed by atoms with Crippen LogP contribution in [0.2, 0.25) is 0 Å². The van der Waals surface area contributed by atoms with Crippen molar-refractivity contribution in [2.75, 3.05) is 26.8 Å². The molecule has 0 bridgehead atoms. The SMILES string of the molecule is COC(=O)C1CCN(C(=O)COC(=O)c2c3c(nc4ccccc24)/C(=C/c2ccccc2)CCC3)CC1. The molecule has 0 spiro atoms. The number of piperidine rings is 1. The first-order valence-corrected chi connectivity index (χ1v) is 12.8. The lowest BCUT2D eigenvalue weighted by atomic mass is 9.86. The van der Waals surface area contributed by atoms with Crippen molar-refractivity contribution >= 4 is 40.4 Å². The Morgan fingerprint density at radius 1 is 1.00 bits per heavy atom. The van der Waals surface area contributed by atoms with Gasteiger partial charge in [-0.25, -0.2) is 9.78 Å². The molecule has 1 amide bonds. The zero-order chi connectivity index (χ0) is 25.8. The molecule has 0 radical (unpaired) electrons. The molecule has 3 aromatic rings. The molecule has 7 nitrogen and oxygen atoms in total. The summed E-state index contributed by atoms with van der Waals surface area (Å²) in [5, 5.41) is 0.735. The minimum Gasteiger partial charge on any atom is -0.469 e. The van der Waals surface area contributed by atoms with Crippen molar-refractivity contribution in [2.45, 2.75) is 32.1 Å². The number of esters is 2. The molecule has 190 valence electrons. The number of likely N-dealkylation sites (tertiary alicyclic amines) is 1. The van der Waals surface area contributed by atoms with Crippen molar-refractivity contribution in [1.29, 1.82) is 0 Å². The molecule has 2 aliphatic rings. The predicted molar refractivity (Wildman–Crippen MR) is 141 cm³/mol. The normalized spacial score (nSPS) is 16.9. The van der Waals surface area contributed by atoms with Gasteiger partial charge in [-0.2, -0.15) is 0 Å². The average Bonchev–Trinajstić information content (AvgIpc) is 2.95. The number of fused-ring (bicyclic) bond motifs is 2. The van der Waals surface area contributed by atoms with Crippen LogP contribution in [0.1, 0.15) is 52.9 Å². The van der Waals surface area contributed by atoms with Gasteiger partial charge in [0.15, 0.2) is 6.61 Å². The van der Waals surface area contributed by atoms with Crippen LogP contribution in [0.3, 0.4) is 0 Å². The van der Waals surface area contributed by atoms with Gasteiger partial charge in [0, 0.05) is 18.5 Å². The molecule has 0 N–H and O–H groups in total. The molecule has 2 heterocycles. The quantitative estimate of drug-likeness (QED) is 0.475. The van der Waals surface area contributed by atoms with Gasteiger partial charge in [0.05, 0.1) is 29.8 Å². The zero-order valence-corrected chi connectivity index (χ0v) is 20.9. The fourth-order valence-electron chi connectivity index (χ4n) is 5.28. The summed E-state index contributed by atoms with van der Waals surface area (Å²) in [7, 11) is 1.38. The van der Waals surface area contributed by atoms with E-state index in [9.17, 15) is 14.4 Å². The number of allylic oxidation sites excluding steroid dienone is 1. The van der Waals surface area contributed by atoms with E-state index < -0.39 is 5.97 Å². The Morgan fingerprint density at radius 2 is 1.73 bits per heavy atom. The maximum atomic E-state index is 13.5. The summed E-state index contributed by atoms with van der Waals surface area (Å²) in [6.07, 6.45) is 5.73. The average molecular weight is 499 g/mol. The van der Waals surface area contributed by atoms with Crippen LogP contribution in [0.15, 0.2) is 54.6 Å². The van der Waals surface area contributed by atoms with Crippen LogP contribution in [0.5, 0.6) is 0 Å². The van der Waals surface area contributed by atoms with Crippen LogP contribution < -0.4 is 0 Å². The van der Waals surface area contributed by atoms with Gasteiger partial charge in [-0.1, -0.05) is 48.5 Å². The van der Waals surface area contributed by atoms with Crippen molar-refractivity contribution in [3.63, 3.8) is 0 Å². The van der Waals surface area contributed by atoms with Gasteiger partial charge in [0.1, 0.15) is 0 Å². The molecule has 0 atom stereocenters. The number of hydrogen-bond acceptors (Lipinski definition) is 6. The summed E-state index contributed by atoms with van der Waals surface area (Å²) in [6.45, 7) is 0.550. The largest absolute Gasteiger partial charge is 0.469 e. The fraction of sp³-hybridized carbons (Fsp3) is 0.333. The number of rotatable bonds is 5. The van der Waals surface area contributed by atoms with Gasteiger partial charge in [0.25, 0.3) is 5.91 Å². The highest BCUT2D eigenvalue weighted by Gasteiger charge is 2.30. The molecule has 37 heavy (non-hydrogen) atoms. The fourth-order valence-corrected chi connectivity index (χ4v) is 5.28. The van der Waals surface area contributed by atoms with Crippen LogP contribution in [0.4, 0.5) is 0 Å². The Labute approximate surface area is 216 Å². The van der Waals surface area contributed by atoms with Crippen molar-refractivity contribution in [1.82, 2.24) is 9.88 Å². The number of carbonyl (C=O) groups excluding carboxylic acids is 3. The monoisotopic (exact) mass is 498 g/mol. The Kier molecular flexibility index (Phi) is 7.30. The van der Waals surface area contributed by atoms with E-state index >= 15 is 0 Å². The third kappa shape index (κ3) is 5.26. The molecule has 2 aromatic carbocycles. The van der Waals surface area contributed by atoms with E-state index in [1.807, 2.05) is 42.5 Å². The minimum absolute atomic E-state index is 0.190. The first-order valence-electron chi connectivity index (χ1n) is 12.8. The second kappa shape index (κ2) is 10.9. The second-order valence-electron chi connectivity index (χ2n) is 9.52. The molecule has 1 saturated heterocycles. The summed E-state index contributed by atoms with van der Waals surface area (Å²) in [6, 6.07) is 17.7. The summed E-state index contributed by atoms with van der Waals surface area (Å²) >= 11 is 0. The second-order valence-corrected chi connectivity index (χ2v) is 9.52. The van der Waals surface area contributed by atoms with Gasteiger partial charge < -0.3 is 14.4 Å². The van der Waals surface area contributed by atoms with Crippen molar-refractivity contribution < 1.29 is 23.9 Å². The summed E-state index contributed by atoms with van der Waals surface area (Å²) in [4.78, 5) is 44.6. The molecule has 5 rings (SSSR count). The predicted octanol–water partition coefficient (Wildman–Crippen LogP) is 4.68. The van der Waals surface area contributed by atoms with Crippen LogP contribution in [0.25, 0.3) is 22.6 Å². The molecule has 1 aromatic heterocycles. The van der Waals surface area contributed by atoms with E-state index in [4.69, 9.17) is 14.5 Å². The zero-order valence-electron chi connectivity index (χ0n) is 20.9. The molecule has 1 aliphatic heterocycles. The third-order valence-corrected chi connectivity index (χ3v) is 7.22. The smallest absolute Gasteiger partial charge is 0.339 e. The summed E-state index contributed by atoms with van der Waals surface area (Å²) < 4.78 is 10.4. The van der Waals surface area contributed by atoms with E-state index in [1.54, 1.807) is 4.90 Å².